The second-order valence-corrected chi connectivity index (χ2v) is 5.42. The van der Waals surface area contributed by atoms with Crippen LogP contribution in [0.3, 0.4) is 0 Å². The van der Waals surface area contributed by atoms with E-state index in [2.05, 4.69) is 0 Å². The van der Waals surface area contributed by atoms with E-state index in [0.29, 0.717) is 23.7 Å². The van der Waals surface area contributed by atoms with Crippen molar-refractivity contribution in [3.63, 3.8) is 0 Å². The first kappa shape index (κ1) is 16.5. The minimum absolute atomic E-state index is 0.268. The Bertz CT molecular complexity index is 636. The van der Waals surface area contributed by atoms with Gasteiger partial charge in [0.05, 0.1) is 0 Å². The summed E-state index contributed by atoms with van der Waals surface area (Å²) in [6.45, 7) is 4.97. The number of carbonyl (C=O) groups excluding carboxylic acids is 1. The lowest BCUT2D eigenvalue weighted by molar-refractivity contribution is -0.140. The van der Waals surface area contributed by atoms with E-state index >= 15 is 0 Å². The molecule has 3 nitrogen and oxygen atoms in total. The number of hydrogen-bond donors (Lipinski definition) is 1. The molecule has 22 heavy (non-hydrogen) atoms. The number of amides is 1. The van der Waals surface area contributed by atoms with Crippen LogP contribution < -0.4 is 0 Å². The average Bonchev–Trinajstić information content (AvgIpc) is 2.56. The third-order valence-corrected chi connectivity index (χ3v) is 4.05. The zero-order valence-electron chi connectivity index (χ0n) is 12.8. The molecule has 0 saturated heterocycles. The largest absolute Gasteiger partial charge is 0.378 e. The number of benzene rings is 2. The molecule has 2 aromatic carbocycles. The summed E-state index contributed by atoms with van der Waals surface area (Å²) in [5.74, 6) is -0.268. The topological polar surface area (TPSA) is 40.5 Å². The van der Waals surface area contributed by atoms with E-state index in [0.717, 1.165) is 11.1 Å². The number of nitrogens with zero attached hydrogens (tertiary/aromatic N) is 1. The zero-order chi connectivity index (χ0) is 16.1. The second-order valence-electron chi connectivity index (χ2n) is 5.01. The number of aliphatic hydroxyl groups is 1. The number of likely N-dealkylation sites (N-methyl/N-ethyl adjacent to an activating group) is 1. The van der Waals surface area contributed by atoms with Gasteiger partial charge in [0.25, 0.3) is 5.91 Å². The molecule has 0 heterocycles. The molecule has 1 atom stereocenters. The molecule has 0 fully saturated rings. The van der Waals surface area contributed by atoms with Crippen molar-refractivity contribution in [3.05, 3.63) is 59.1 Å². The van der Waals surface area contributed by atoms with Crippen molar-refractivity contribution in [1.82, 2.24) is 4.90 Å². The van der Waals surface area contributed by atoms with Gasteiger partial charge < -0.3 is 10.0 Å². The normalized spacial score (nSPS) is 12.0. The van der Waals surface area contributed by atoms with Gasteiger partial charge in [0, 0.05) is 23.7 Å². The van der Waals surface area contributed by atoms with Crippen LogP contribution in [0.5, 0.6) is 0 Å². The lowest BCUT2D eigenvalue weighted by atomic mass is 10.0. The molecule has 2 rings (SSSR count). The van der Waals surface area contributed by atoms with Gasteiger partial charge in [-0.2, -0.15) is 0 Å². The summed E-state index contributed by atoms with van der Waals surface area (Å²) in [6, 6.07) is 14.9. The van der Waals surface area contributed by atoms with Gasteiger partial charge in [0.15, 0.2) is 6.10 Å². The standard InChI is InChI=1S/C18H20ClNO2/c1-3-20(4-2)18(22)17(21)14-11-9-13(10-12-14)15-7-5-6-8-16(15)19/h5-12,17,21H,3-4H2,1-2H3. The summed E-state index contributed by atoms with van der Waals surface area (Å²) in [7, 11) is 0. The Morgan fingerprint density at radius 3 is 2.23 bits per heavy atom. The molecule has 0 aliphatic heterocycles. The monoisotopic (exact) mass is 317 g/mol. The molecule has 0 aliphatic carbocycles. The molecule has 1 amide bonds. The summed E-state index contributed by atoms with van der Waals surface area (Å²) in [5, 5.41) is 10.9. The van der Waals surface area contributed by atoms with E-state index in [4.69, 9.17) is 11.6 Å². The highest BCUT2D eigenvalue weighted by atomic mass is 35.5. The molecule has 0 bridgehead atoms. The van der Waals surface area contributed by atoms with Crippen molar-refractivity contribution in [2.24, 2.45) is 0 Å². The van der Waals surface area contributed by atoms with Crippen LogP contribution in [0.4, 0.5) is 0 Å². The maximum atomic E-state index is 12.2. The van der Waals surface area contributed by atoms with Gasteiger partial charge in [-0.15, -0.1) is 0 Å². The van der Waals surface area contributed by atoms with E-state index in [-0.39, 0.29) is 5.91 Å². The Balaban J connectivity index is 2.22. The maximum Gasteiger partial charge on any atom is 0.256 e. The molecule has 2 aromatic rings. The summed E-state index contributed by atoms with van der Waals surface area (Å²) < 4.78 is 0. The van der Waals surface area contributed by atoms with Gasteiger partial charge in [0.2, 0.25) is 0 Å². The molecule has 0 aliphatic rings. The molecular weight excluding hydrogens is 298 g/mol. The first-order valence-electron chi connectivity index (χ1n) is 7.40. The lowest BCUT2D eigenvalue weighted by Gasteiger charge is -2.22. The number of aliphatic hydroxyl groups excluding tert-OH is 1. The molecule has 0 aromatic heterocycles. The van der Waals surface area contributed by atoms with Gasteiger partial charge in [-0.1, -0.05) is 54.1 Å². The predicted molar refractivity (Wildman–Crippen MR) is 89.8 cm³/mol. The zero-order valence-corrected chi connectivity index (χ0v) is 13.5. The van der Waals surface area contributed by atoms with Crippen molar-refractivity contribution in [2.45, 2.75) is 20.0 Å². The molecule has 0 spiro atoms. The van der Waals surface area contributed by atoms with Crippen molar-refractivity contribution in [1.29, 1.82) is 0 Å². The van der Waals surface area contributed by atoms with Gasteiger partial charge >= 0.3 is 0 Å². The molecule has 116 valence electrons. The highest BCUT2D eigenvalue weighted by molar-refractivity contribution is 6.33. The number of carbonyl (C=O) groups is 1. The van der Waals surface area contributed by atoms with Crippen LogP contribution in [-0.4, -0.2) is 29.0 Å². The van der Waals surface area contributed by atoms with E-state index in [9.17, 15) is 9.90 Å². The van der Waals surface area contributed by atoms with Gasteiger partial charge in [-0.05, 0) is 31.0 Å². The van der Waals surface area contributed by atoms with E-state index in [1.165, 1.54) is 0 Å². The smallest absolute Gasteiger partial charge is 0.256 e. The average molecular weight is 318 g/mol. The summed E-state index contributed by atoms with van der Waals surface area (Å²) in [6.07, 6.45) is -1.12. The van der Waals surface area contributed by atoms with Gasteiger partial charge in [0.1, 0.15) is 0 Å². The fourth-order valence-electron chi connectivity index (χ4n) is 2.39. The van der Waals surface area contributed by atoms with Crippen LogP contribution >= 0.6 is 11.6 Å². The van der Waals surface area contributed by atoms with E-state index in [1.54, 1.807) is 17.0 Å². The van der Waals surface area contributed by atoms with E-state index < -0.39 is 6.10 Å². The van der Waals surface area contributed by atoms with Crippen molar-refractivity contribution >= 4 is 17.5 Å². The van der Waals surface area contributed by atoms with Crippen molar-refractivity contribution in [2.75, 3.05) is 13.1 Å². The molecule has 4 heteroatoms. The van der Waals surface area contributed by atoms with E-state index in [1.807, 2.05) is 50.2 Å². The summed E-state index contributed by atoms with van der Waals surface area (Å²) in [4.78, 5) is 13.8. The second kappa shape index (κ2) is 7.43. The summed E-state index contributed by atoms with van der Waals surface area (Å²) in [5.41, 5.74) is 2.48. The summed E-state index contributed by atoms with van der Waals surface area (Å²) >= 11 is 6.18. The Morgan fingerprint density at radius 1 is 1.09 bits per heavy atom. The molecule has 0 saturated carbocycles. The van der Waals surface area contributed by atoms with Crippen LogP contribution in [0.15, 0.2) is 48.5 Å². The first-order valence-corrected chi connectivity index (χ1v) is 7.78. The fourth-order valence-corrected chi connectivity index (χ4v) is 2.64. The van der Waals surface area contributed by atoms with Crippen LogP contribution in [0, 0.1) is 0 Å². The number of hydrogen-bond acceptors (Lipinski definition) is 2. The SMILES string of the molecule is CCN(CC)C(=O)C(O)c1ccc(-c2ccccc2Cl)cc1. The molecule has 1 N–H and O–H groups in total. The molecule has 0 radical (unpaired) electrons. The minimum atomic E-state index is -1.12. The molecular formula is C18H20ClNO2. The Morgan fingerprint density at radius 2 is 1.68 bits per heavy atom. The van der Waals surface area contributed by atoms with Crippen LogP contribution in [0.25, 0.3) is 11.1 Å². The highest BCUT2D eigenvalue weighted by Crippen LogP contribution is 2.28. The van der Waals surface area contributed by atoms with Crippen molar-refractivity contribution < 1.29 is 9.90 Å². The van der Waals surface area contributed by atoms with Crippen LogP contribution in [0.1, 0.15) is 25.5 Å². The third kappa shape index (κ3) is 3.49. The Hall–Kier alpha value is -1.84. The number of rotatable bonds is 5. The van der Waals surface area contributed by atoms with Gasteiger partial charge in [-0.3, -0.25) is 4.79 Å². The number of halogens is 1. The first-order chi connectivity index (χ1) is 10.6. The Labute approximate surface area is 136 Å². The Kier molecular flexibility index (Phi) is 5.58. The fraction of sp³-hybridized carbons (Fsp3) is 0.278. The predicted octanol–water partition coefficient (Wildman–Crippen LogP) is 3.91. The third-order valence-electron chi connectivity index (χ3n) is 3.72. The van der Waals surface area contributed by atoms with Crippen LogP contribution in [0.2, 0.25) is 5.02 Å². The molecule has 1 unspecified atom stereocenters. The lowest BCUT2D eigenvalue weighted by Crippen LogP contribution is -2.34. The minimum Gasteiger partial charge on any atom is -0.378 e. The van der Waals surface area contributed by atoms with Crippen LogP contribution in [-0.2, 0) is 4.79 Å². The van der Waals surface area contributed by atoms with Gasteiger partial charge in [-0.25, -0.2) is 0 Å². The maximum absolute atomic E-state index is 12.2. The quantitative estimate of drug-likeness (QED) is 0.908. The highest BCUT2D eigenvalue weighted by Gasteiger charge is 2.21. The van der Waals surface area contributed by atoms with Crippen molar-refractivity contribution in [3.8, 4) is 11.1 Å².